The van der Waals surface area contributed by atoms with Crippen LogP contribution in [0, 0.1) is 0 Å². The van der Waals surface area contributed by atoms with Gasteiger partial charge in [0, 0.05) is 24.8 Å². The molecule has 1 unspecified atom stereocenters. The smallest absolute Gasteiger partial charge is 0.287 e. The van der Waals surface area contributed by atoms with Crippen LogP contribution in [-0.2, 0) is 4.74 Å². The van der Waals surface area contributed by atoms with E-state index >= 15 is 0 Å². The molecule has 1 amide bonds. The lowest BCUT2D eigenvalue weighted by atomic mass is 10.0. The van der Waals surface area contributed by atoms with Crippen LogP contribution in [0.1, 0.15) is 17.0 Å². The fourth-order valence-corrected chi connectivity index (χ4v) is 3.78. The first-order valence-electron chi connectivity index (χ1n) is 6.62. The highest BCUT2D eigenvalue weighted by molar-refractivity contribution is 7.99. The van der Waals surface area contributed by atoms with Gasteiger partial charge < -0.3 is 14.5 Å². The Balaban J connectivity index is 1.69. The van der Waals surface area contributed by atoms with Gasteiger partial charge in [0.2, 0.25) is 0 Å². The van der Waals surface area contributed by atoms with E-state index in [1.807, 2.05) is 36.0 Å². The molecule has 1 saturated heterocycles. The van der Waals surface area contributed by atoms with Crippen LogP contribution in [0.3, 0.4) is 0 Å². The van der Waals surface area contributed by atoms with Crippen LogP contribution in [-0.4, -0.2) is 36.7 Å². The number of carbonyl (C=O) groups excluding carboxylic acids is 1. The third kappa shape index (κ3) is 2.55. The summed E-state index contributed by atoms with van der Waals surface area (Å²) < 4.78 is 11.1. The summed E-state index contributed by atoms with van der Waals surface area (Å²) in [7, 11) is 1.71. The number of carbonyl (C=O) groups is 1. The van der Waals surface area contributed by atoms with E-state index in [1.165, 1.54) is 0 Å². The lowest BCUT2D eigenvalue weighted by Crippen LogP contribution is -2.44. The fraction of sp³-hybridized carbons (Fsp3) is 0.400. The molecule has 106 valence electrons. The van der Waals surface area contributed by atoms with Crippen molar-refractivity contribution in [1.29, 1.82) is 0 Å². The first-order chi connectivity index (χ1) is 9.72. The summed E-state index contributed by atoms with van der Waals surface area (Å²) in [5.74, 6) is 2.16. The number of para-hydroxylation sites is 1. The molecule has 0 spiro atoms. The quantitative estimate of drug-likeness (QED) is 0.941. The van der Waals surface area contributed by atoms with E-state index in [2.05, 4.69) is 5.32 Å². The molecule has 0 aliphatic carbocycles. The molecule has 20 heavy (non-hydrogen) atoms. The molecule has 1 atom stereocenters. The van der Waals surface area contributed by atoms with Gasteiger partial charge in [-0.3, -0.25) is 4.79 Å². The molecule has 1 N–H and O–H groups in total. The van der Waals surface area contributed by atoms with Crippen molar-refractivity contribution in [3.8, 4) is 0 Å². The van der Waals surface area contributed by atoms with E-state index in [-0.39, 0.29) is 11.5 Å². The Hall–Kier alpha value is -1.46. The van der Waals surface area contributed by atoms with Crippen molar-refractivity contribution in [2.75, 3.05) is 25.2 Å². The van der Waals surface area contributed by atoms with Crippen molar-refractivity contribution in [3.63, 3.8) is 0 Å². The molecule has 1 fully saturated rings. The molecule has 0 saturated carbocycles. The van der Waals surface area contributed by atoms with E-state index < -0.39 is 0 Å². The van der Waals surface area contributed by atoms with Crippen LogP contribution in [0.4, 0.5) is 0 Å². The van der Waals surface area contributed by atoms with Crippen LogP contribution >= 0.6 is 11.8 Å². The largest absolute Gasteiger partial charge is 0.451 e. The lowest BCUT2D eigenvalue weighted by Gasteiger charge is -2.26. The summed E-state index contributed by atoms with van der Waals surface area (Å²) in [6.07, 6.45) is 0.967. The van der Waals surface area contributed by atoms with E-state index in [9.17, 15) is 4.79 Å². The maximum Gasteiger partial charge on any atom is 0.287 e. The first kappa shape index (κ1) is 13.5. The van der Waals surface area contributed by atoms with Crippen LogP contribution in [0.15, 0.2) is 34.7 Å². The number of hydrogen-bond donors (Lipinski definition) is 1. The van der Waals surface area contributed by atoms with Gasteiger partial charge in [-0.25, -0.2) is 0 Å². The molecule has 5 heteroatoms. The van der Waals surface area contributed by atoms with Crippen LogP contribution in [0.25, 0.3) is 11.0 Å². The number of thioether (sulfide) groups is 1. The van der Waals surface area contributed by atoms with Gasteiger partial charge in [0.25, 0.3) is 5.91 Å². The average Bonchev–Trinajstić information content (AvgIpc) is 3.12. The zero-order valence-electron chi connectivity index (χ0n) is 11.3. The van der Waals surface area contributed by atoms with Gasteiger partial charge >= 0.3 is 0 Å². The van der Waals surface area contributed by atoms with Crippen LogP contribution in [0.2, 0.25) is 0 Å². The summed E-state index contributed by atoms with van der Waals surface area (Å²) in [6.45, 7) is 0.520. The second-order valence-corrected chi connectivity index (χ2v) is 6.13. The number of benzene rings is 1. The molecule has 0 radical (unpaired) electrons. The molecule has 1 aliphatic heterocycles. The Labute approximate surface area is 121 Å². The van der Waals surface area contributed by atoms with E-state index in [1.54, 1.807) is 13.2 Å². The fourth-order valence-electron chi connectivity index (χ4n) is 2.38. The summed E-state index contributed by atoms with van der Waals surface area (Å²) in [6, 6.07) is 9.38. The zero-order valence-corrected chi connectivity index (χ0v) is 12.2. The molecule has 2 heterocycles. The number of methoxy groups -OCH3 is 1. The van der Waals surface area contributed by atoms with E-state index in [0.29, 0.717) is 12.3 Å². The number of fused-ring (bicyclic) bond motifs is 1. The predicted octanol–water partition coefficient (Wildman–Crippen LogP) is 2.68. The minimum absolute atomic E-state index is 0.186. The van der Waals surface area contributed by atoms with Crippen molar-refractivity contribution >= 4 is 28.6 Å². The third-order valence-corrected chi connectivity index (χ3v) is 4.94. The minimum Gasteiger partial charge on any atom is -0.451 e. The van der Waals surface area contributed by atoms with Crippen LogP contribution in [0.5, 0.6) is 0 Å². The SMILES string of the molecule is COC1(CNC(=O)c2cc3ccccc3o2)CCSC1. The van der Waals surface area contributed by atoms with Crippen molar-refractivity contribution in [2.24, 2.45) is 0 Å². The van der Waals surface area contributed by atoms with Crippen LogP contribution < -0.4 is 5.32 Å². The highest BCUT2D eigenvalue weighted by atomic mass is 32.2. The zero-order chi connectivity index (χ0) is 14.0. The van der Waals surface area contributed by atoms with Gasteiger partial charge in [-0.2, -0.15) is 11.8 Å². The average molecular weight is 291 g/mol. The van der Waals surface area contributed by atoms with E-state index in [0.717, 1.165) is 28.9 Å². The third-order valence-electron chi connectivity index (χ3n) is 3.72. The lowest BCUT2D eigenvalue weighted by molar-refractivity contribution is 0.0135. The van der Waals surface area contributed by atoms with E-state index in [4.69, 9.17) is 9.15 Å². The molecule has 2 aromatic rings. The second-order valence-electron chi connectivity index (χ2n) is 5.02. The van der Waals surface area contributed by atoms with Gasteiger partial charge in [0.05, 0.1) is 5.60 Å². The predicted molar refractivity (Wildman–Crippen MR) is 80.2 cm³/mol. The molecular weight excluding hydrogens is 274 g/mol. The summed E-state index contributed by atoms with van der Waals surface area (Å²) in [5, 5.41) is 3.86. The standard InChI is InChI=1S/C15H17NO3S/c1-18-15(6-7-20-10-15)9-16-14(17)13-8-11-4-2-3-5-12(11)19-13/h2-5,8H,6-7,9-10H2,1H3,(H,16,17). The van der Waals surface area contributed by atoms with Crippen molar-refractivity contribution < 1.29 is 13.9 Å². The number of ether oxygens (including phenoxy) is 1. The molecular formula is C15H17NO3S. The number of rotatable bonds is 4. The maximum atomic E-state index is 12.2. The highest BCUT2D eigenvalue weighted by Gasteiger charge is 2.34. The Morgan fingerprint density at radius 2 is 2.35 bits per heavy atom. The number of amides is 1. The Morgan fingerprint density at radius 3 is 3.05 bits per heavy atom. The molecule has 1 aromatic heterocycles. The molecule has 1 aliphatic rings. The summed E-state index contributed by atoms with van der Waals surface area (Å²) in [5.41, 5.74) is 0.502. The molecule has 0 bridgehead atoms. The second kappa shape index (κ2) is 5.50. The Kier molecular flexibility index (Phi) is 3.72. The summed E-state index contributed by atoms with van der Waals surface area (Å²) in [4.78, 5) is 12.2. The van der Waals surface area contributed by atoms with Gasteiger partial charge in [-0.15, -0.1) is 0 Å². The topological polar surface area (TPSA) is 51.5 Å². The number of hydrogen-bond acceptors (Lipinski definition) is 4. The minimum atomic E-state index is -0.230. The van der Waals surface area contributed by atoms with Crippen molar-refractivity contribution in [3.05, 3.63) is 36.1 Å². The van der Waals surface area contributed by atoms with Gasteiger partial charge in [-0.05, 0) is 24.3 Å². The Morgan fingerprint density at radius 1 is 1.50 bits per heavy atom. The Bertz CT molecular complexity index is 583. The molecule has 3 rings (SSSR count). The molecule has 1 aromatic carbocycles. The highest BCUT2D eigenvalue weighted by Crippen LogP contribution is 2.30. The number of furan rings is 1. The van der Waals surface area contributed by atoms with Crippen molar-refractivity contribution in [1.82, 2.24) is 5.32 Å². The van der Waals surface area contributed by atoms with Gasteiger partial charge in [0.1, 0.15) is 5.58 Å². The number of nitrogens with one attached hydrogen (secondary N) is 1. The normalized spacial score (nSPS) is 22.2. The molecule has 4 nitrogen and oxygen atoms in total. The summed E-state index contributed by atoms with van der Waals surface area (Å²) >= 11 is 1.86. The van der Waals surface area contributed by atoms with Gasteiger partial charge in [-0.1, -0.05) is 18.2 Å². The van der Waals surface area contributed by atoms with Crippen molar-refractivity contribution in [2.45, 2.75) is 12.0 Å². The first-order valence-corrected chi connectivity index (χ1v) is 7.78. The van der Waals surface area contributed by atoms with Gasteiger partial charge in [0.15, 0.2) is 5.76 Å². The monoisotopic (exact) mass is 291 g/mol. The maximum absolute atomic E-state index is 12.2.